The van der Waals surface area contributed by atoms with Crippen molar-refractivity contribution in [2.24, 2.45) is 23.7 Å². The largest absolute Gasteiger partial charge is 0.393 e. The van der Waals surface area contributed by atoms with Crippen LogP contribution in [0.3, 0.4) is 0 Å². The van der Waals surface area contributed by atoms with Gasteiger partial charge in [-0.3, -0.25) is 4.98 Å². The molecule has 3 fully saturated rings. The summed E-state index contributed by atoms with van der Waals surface area (Å²) >= 11 is 0. The van der Waals surface area contributed by atoms with Gasteiger partial charge in [0, 0.05) is 31.4 Å². The maximum atomic E-state index is 10.5. The number of fused-ring (bicyclic) bond motifs is 2. The van der Waals surface area contributed by atoms with Crippen LogP contribution in [-0.2, 0) is 20.1 Å². The predicted octanol–water partition coefficient (Wildman–Crippen LogP) is 7.16. The molecule has 1 aromatic heterocycles. The molecule has 3 nitrogen and oxygen atoms in total. The molecule has 3 aliphatic rings. The van der Waals surface area contributed by atoms with Gasteiger partial charge in [-0.25, -0.2) is 0 Å². The molecular weight excluding hydrogens is 623 g/mol. The van der Waals surface area contributed by atoms with E-state index in [1.807, 2.05) is 24.3 Å². The second kappa shape index (κ2) is 12.3. The Morgan fingerprint density at radius 3 is 2.33 bits per heavy atom. The van der Waals surface area contributed by atoms with Crippen LogP contribution in [0.2, 0.25) is 0 Å². The molecule has 6 rings (SSSR count). The predicted molar refractivity (Wildman–Crippen MR) is 143 cm³/mol. The van der Waals surface area contributed by atoms with Crippen LogP contribution in [0.1, 0.15) is 76.7 Å². The Labute approximate surface area is 230 Å². The van der Waals surface area contributed by atoms with Crippen molar-refractivity contribution >= 4 is 10.9 Å². The smallest absolute Gasteiger partial charge is 0.0626 e. The van der Waals surface area contributed by atoms with Crippen LogP contribution in [0.25, 0.3) is 22.2 Å². The van der Waals surface area contributed by atoms with E-state index in [1.165, 1.54) is 49.5 Å². The van der Waals surface area contributed by atoms with E-state index >= 15 is 0 Å². The Morgan fingerprint density at radius 2 is 1.61 bits per heavy atom. The molecule has 0 aliphatic heterocycles. The second-order valence-corrected chi connectivity index (χ2v) is 11.3. The molecule has 5 unspecified atom stereocenters. The summed E-state index contributed by atoms with van der Waals surface area (Å²) in [5.74, 6) is 2.59. The van der Waals surface area contributed by atoms with Crippen LogP contribution in [0.4, 0.5) is 0 Å². The first-order valence-corrected chi connectivity index (χ1v) is 13.8. The minimum atomic E-state index is -0.218. The first-order valence-electron chi connectivity index (χ1n) is 13.8. The number of benzene rings is 2. The number of aliphatic hydroxyl groups excluding tert-OH is 2. The normalized spacial score (nSPS) is 27.9. The summed E-state index contributed by atoms with van der Waals surface area (Å²) in [4.78, 5) is 4.76. The third kappa shape index (κ3) is 5.78. The number of nitrogens with zero attached hydrogens (tertiary/aromatic N) is 1. The Balaban J connectivity index is 0.000000167. The van der Waals surface area contributed by atoms with Gasteiger partial charge in [0.15, 0.2) is 0 Å². The number of pyridine rings is 1. The molecule has 2 N–H and O–H groups in total. The topological polar surface area (TPSA) is 53.4 Å². The number of aromatic nitrogens is 1. The first-order chi connectivity index (χ1) is 17.0. The first kappa shape index (κ1) is 27.5. The van der Waals surface area contributed by atoms with E-state index in [0.717, 1.165) is 35.5 Å². The quantitative estimate of drug-likeness (QED) is 0.293. The van der Waals surface area contributed by atoms with Gasteiger partial charge in [-0.1, -0.05) is 63.8 Å². The van der Waals surface area contributed by atoms with Crippen LogP contribution in [-0.4, -0.2) is 27.4 Å². The van der Waals surface area contributed by atoms with Crippen LogP contribution in [0.5, 0.6) is 0 Å². The average molecular weight is 663 g/mol. The van der Waals surface area contributed by atoms with Gasteiger partial charge in [0.05, 0.1) is 17.7 Å². The molecule has 195 valence electrons. The van der Waals surface area contributed by atoms with E-state index in [-0.39, 0.29) is 38.2 Å². The van der Waals surface area contributed by atoms with Gasteiger partial charge >= 0.3 is 0 Å². The number of aliphatic hydroxyl groups is 2. The van der Waals surface area contributed by atoms with Crippen molar-refractivity contribution in [3.63, 3.8) is 0 Å². The van der Waals surface area contributed by atoms with E-state index in [1.54, 1.807) is 0 Å². The van der Waals surface area contributed by atoms with Gasteiger partial charge in [0.1, 0.15) is 0 Å². The van der Waals surface area contributed by atoms with Gasteiger partial charge in [-0.05, 0) is 66.7 Å². The molecule has 36 heavy (non-hydrogen) atoms. The van der Waals surface area contributed by atoms with Crippen LogP contribution in [0, 0.1) is 29.7 Å². The fourth-order valence-corrected chi connectivity index (χ4v) is 7.07. The van der Waals surface area contributed by atoms with E-state index in [0.29, 0.717) is 17.8 Å². The number of hydrogen-bond acceptors (Lipinski definition) is 3. The van der Waals surface area contributed by atoms with Crippen molar-refractivity contribution in [2.45, 2.75) is 83.3 Å². The molecule has 2 aromatic carbocycles. The van der Waals surface area contributed by atoms with Crippen molar-refractivity contribution < 1.29 is 30.3 Å². The average Bonchev–Trinajstić information content (AvgIpc) is 3.55. The van der Waals surface area contributed by atoms with Crippen molar-refractivity contribution in [2.75, 3.05) is 0 Å². The Bertz CT molecular complexity index is 1110. The molecule has 1 radical (unpaired) electrons. The molecule has 0 spiro atoms. The summed E-state index contributed by atoms with van der Waals surface area (Å²) in [6.07, 6.45) is 9.42. The van der Waals surface area contributed by atoms with Gasteiger partial charge in [-0.2, -0.15) is 0 Å². The van der Waals surface area contributed by atoms with E-state index in [2.05, 4.69) is 50.2 Å². The van der Waals surface area contributed by atoms with Gasteiger partial charge in [0.2, 0.25) is 0 Å². The van der Waals surface area contributed by atoms with Crippen molar-refractivity contribution in [3.05, 3.63) is 66.2 Å². The minimum Gasteiger partial charge on any atom is -0.393 e. The fraction of sp³-hybridized carbons (Fsp3) is 0.531. The molecular formula is C32H40IrNO2-. The minimum absolute atomic E-state index is 0. The zero-order valence-corrected chi connectivity index (χ0v) is 24.0. The maximum absolute atomic E-state index is 10.5. The fourth-order valence-electron chi connectivity index (χ4n) is 7.07. The Hall–Kier alpha value is -1.58. The molecule has 0 bridgehead atoms. The summed E-state index contributed by atoms with van der Waals surface area (Å²) in [6, 6.07) is 21.8. The summed E-state index contributed by atoms with van der Waals surface area (Å²) in [7, 11) is 0. The summed E-state index contributed by atoms with van der Waals surface area (Å²) < 4.78 is 0. The number of rotatable bonds is 3. The molecule has 0 saturated heterocycles. The molecule has 3 aliphatic carbocycles. The zero-order valence-electron chi connectivity index (χ0n) is 21.6. The van der Waals surface area contributed by atoms with E-state index in [9.17, 15) is 10.2 Å². The second-order valence-electron chi connectivity index (χ2n) is 11.3. The summed E-state index contributed by atoms with van der Waals surface area (Å²) in [5, 5.41) is 21.8. The van der Waals surface area contributed by atoms with Crippen LogP contribution in [0.15, 0.2) is 54.6 Å². The molecule has 0 amide bonds. The Morgan fingerprint density at radius 1 is 0.833 bits per heavy atom. The van der Waals surface area contributed by atoms with Gasteiger partial charge in [0.25, 0.3) is 0 Å². The molecule has 1 heterocycles. The Kier molecular flexibility index (Phi) is 9.39. The van der Waals surface area contributed by atoms with Crippen molar-refractivity contribution in [1.29, 1.82) is 0 Å². The standard InChI is InChI=1S/C18H16N.C14H24O2.Ir/c1-13(2)15-9-6-10-18-16(15)11-12-17(19-18)14-7-4-3-5-8-14;15-12-8-6-10-5-7-11(14(16)13(10)12)9-3-1-2-4-9;/h3-7,9-13H,1-2H3;9-16H,1-8H2;/q-1;;. The third-order valence-corrected chi connectivity index (χ3v) is 8.90. The molecule has 4 heteroatoms. The number of hydrogen-bond donors (Lipinski definition) is 2. The monoisotopic (exact) mass is 663 g/mol. The van der Waals surface area contributed by atoms with Crippen LogP contribution >= 0.6 is 0 Å². The third-order valence-electron chi connectivity index (χ3n) is 8.90. The summed E-state index contributed by atoms with van der Waals surface area (Å²) in [6.45, 7) is 4.43. The van der Waals surface area contributed by atoms with Crippen molar-refractivity contribution in [1.82, 2.24) is 4.98 Å². The SMILES string of the molecule is CC(C)c1cccc2nc(-c3[c-]cccc3)ccc12.OC1CCC2CCC(C3CCCC3)C(O)C12.[Ir]. The molecule has 5 atom stereocenters. The van der Waals surface area contributed by atoms with Gasteiger partial charge < -0.3 is 10.2 Å². The zero-order chi connectivity index (χ0) is 24.4. The van der Waals surface area contributed by atoms with Gasteiger partial charge in [-0.15, -0.1) is 35.9 Å². The molecule has 3 aromatic rings. The maximum Gasteiger partial charge on any atom is 0.0626 e. The summed E-state index contributed by atoms with van der Waals surface area (Å²) in [5.41, 5.74) is 4.43. The van der Waals surface area contributed by atoms with Crippen LogP contribution < -0.4 is 0 Å². The van der Waals surface area contributed by atoms with E-state index in [4.69, 9.17) is 4.98 Å². The van der Waals surface area contributed by atoms with E-state index < -0.39 is 0 Å². The molecule has 3 saturated carbocycles. The van der Waals surface area contributed by atoms with Crippen molar-refractivity contribution in [3.8, 4) is 11.3 Å².